The highest BCUT2D eigenvalue weighted by Crippen LogP contribution is 2.64. The van der Waals surface area contributed by atoms with Crippen LogP contribution >= 0.6 is 24.8 Å². The maximum absolute atomic E-state index is 13.1. The summed E-state index contributed by atoms with van der Waals surface area (Å²) in [5.74, 6) is -2.56. The van der Waals surface area contributed by atoms with Crippen LogP contribution in [0.1, 0.15) is 60.3 Å². The van der Waals surface area contributed by atoms with Gasteiger partial charge in [0.05, 0.1) is 0 Å². The molecule has 2 aliphatic rings. The number of aliphatic hydroxyl groups excluding tert-OH is 1. The number of halogens is 2. The predicted octanol–water partition coefficient (Wildman–Crippen LogP) is 2.93. The summed E-state index contributed by atoms with van der Waals surface area (Å²) in [5.41, 5.74) is -1.30. The quantitative estimate of drug-likeness (QED) is 0.472. The van der Waals surface area contributed by atoms with Crippen molar-refractivity contribution in [3.05, 3.63) is 12.7 Å². The summed E-state index contributed by atoms with van der Waals surface area (Å²) in [6.07, 6.45) is 2.95. The lowest BCUT2D eigenvalue weighted by atomic mass is 9.43. The van der Waals surface area contributed by atoms with Gasteiger partial charge in [0.2, 0.25) is 0 Å². The topological polar surface area (TPSA) is 109 Å². The van der Waals surface area contributed by atoms with Crippen molar-refractivity contribution < 1.29 is 25.6 Å². The Morgan fingerprint density at radius 1 is 1.22 bits per heavy atom. The molecular weight excluding hydrogens is 391 g/mol. The minimum Gasteiger partial charge on any atom is -0.412 e. The largest absolute Gasteiger partial charge is 0.412 e. The van der Waals surface area contributed by atoms with E-state index in [0.717, 1.165) is 12.8 Å². The molecule has 2 fully saturated rings. The maximum atomic E-state index is 13.1. The molecule has 2 aliphatic carbocycles. The van der Waals surface area contributed by atoms with Crippen LogP contribution in [0.4, 0.5) is 0 Å². The molecule has 162 valence electrons. The third kappa shape index (κ3) is 4.54. The summed E-state index contributed by atoms with van der Waals surface area (Å²) >= 11 is 0. The van der Waals surface area contributed by atoms with E-state index in [0.29, 0.717) is 12.8 Å². The molecule has 5 N–H and O–H groups in total. The van der Waals surface area contributed by atoms with Crippen molar-refractivity contribution in [1.82, 2.24) is 0 Å². The van der Waals surface area contributed by atoms with Crippen LogP contribution in [0, 0.1) is 34.5 Å². The zero-order valence-electron chi connectivity index (χ0n) is 17.1. The van der Waals surface area contributed by atoms with Crippen LogP contribution in [0.25, 0.3) is 0 Å². The molecule has 6 atom stereocenters. The Bertz CT molecular complexity index is 523. The molecular formula is C20H38Cl2O5. The van der Waals surface area contributed by atoms with E-state index in [-0.39, 0.29) is 59.2 Å². The van der Waals surface area contributed by atoms with Crippen LogP contribution in [0.5, 0.6) is 0 Å². The van der Waals surface area contributed by atoms with E-state index in [1.807, 2.05) is 13.8 Å². The third-order valence-electron chi connectivity index (χ3n) is 7.04. The average molecular weight is 429 g/mol. The fourth-order valence-corrected chi connectivity index (χ4v) is 5.71. The maximum Gasteiger partial charge on any atom is 0.195 e. The Morgan fingerprint density at radius 2 is 1.74 bits per heavy atom. The smallest absolute Gasteiger partial charge is 0.195 e. The molecule has 1 unspecified atom stereocenters. The molecule has 0 heterocycles. The first-order valence-electron chi connectivity index (χ1n) is 9.17. The first kappa shape index (κ1) is 29.0. The number of carbonyl (C=O) groups is 1. The summed E-state index contributed by atoms with van der Waals surface area (Å²) in [6.45, 7) is 13.7. The summed E-state index contributed by atoms with van der Waals surface area (Å²) in [7, 11) is 0. The summed E-state index contributed by atoms with van der Waals surface area (Å²) in [4.78, 5) is 13.1. The van der Waals surface area contributed by atoms with Gasteiger partial charge in [-0.25, -0.2) is 0 Å². The highest BCUT2D eigenvalue weighted by atomic mass is 35.5. The van der Waals surface area contributed by atoms with Crippen LogP contribution in [-0.4, -0.2) is 38.5 Å². The number of ketones is 1. The van der Waals surface area contributed by atoms with E-state index >= 15 is 0 Å². The van der Waals surface area contributed by atoms with Gasteiger partial charge in [-0.1, -0.05) is 40.7 Å². The third-order valence-corrected chi connectivity index (χ3v) is 7.04. The lowest BCUT2D eigenvalue weighted by Crippen LogP contribution is -2.71. The Hall–Kier alpha value is -0.170. The molecule has 0 radical (unpaired) electrons. The Labute approximate surface area is 175 Å². The van der Waals surface area contributed by atoms with Crippen molar-refractivity contribution >= 4 is 30.6 Å². The van der Waals surface area contributed by atoms with Crippen molar-refractivity contribution in [3.63, 3.8) is 0 Å². The number of Topliss-reactive ketones (excluding diaryl/α,β-unsaturated/α-hetero) is 1. The SMILES string of the molecule is C=C[C@@H](C)CC(=O)[C@H]1[C@@H](C)CC[C@H]2C(C)(C)CC(O)C(O)(O)[C@]12C.Cl.Cl.O. The Balaban J connectivity index is 0. The highest BCUT2D eigenvalue weighted by molar-refractivity contribution is 5.85. The van der Waals surface area contributed by atoms with Crippen LogP contribution in [0.2, 0.25) is 0 Å². The highest BCUT2D eigenvalue weighted by Gasteiger charge is 2.68. The summed E-state index contributed by atoms with van der Waals surface area (Å²) < 4.78 is 0. The Kier molecular flexibility index (Phi) is 10.3. The molecule has 27 heavy (non-hydrogen) atoms. The second-order valence-corrected chi connectivity index (χ2v) is 9.19. The monoisotopic (exact) mass is 428 g/mol. The van der Waals surface area contributed by atoms with Crippen molar-refractivity contribution in [2.75, 3.05) is 0 Å². The summed E-state index contributed by atoms with van der Waals surface area (Å²) in [5, 5.41) is 32.2. The number of carbonyl (C=O) groups excluding carboxylic acids is 1. The lowest BCUT2D eigenvalue weighted by Gasteiger charge is -2.64. The fourth-order valence-electron chi connectivity index (χ4n) is 5.71. The molecule has 7 heteroatoms. The molecule has 0 bridgehead atoms. The minimum atomic E-state index is -2.25. The first-order valence-corrected chi connectivity index (χ1v) is 9.17. The van der Waals surface area contributed by atoms with E-state index < -0.39 is 23.2 Å². The van der Waals surface area contributed by atoms with Gasteiger partial charge < -0.3 is 20.8 Å². The minimum absolute atomic E-state index is 0. The number of allylic oxidation sites excluding steroid dienone is 1. The van der Waals surface area contributed by atoms with Gasteiger partial charge in [0.15, 0.2) is 5.79 Å². The molecule has 2 rings (SSSR count). The molecule has 2 saturated carbocycles. The molecule has 0 aromatic carbocycles. The number of rotatable bonds is 4. The van der Waals surface area contributed by atoms with Crippen LogP contribution < -0.4 is 0 Å². The van der Waals surface area contributed by atoms with Crippen LogP contribution in [-0.2, 0) is 4.79 Å². The molecule has 0 aliphatic heterocycles. The number of aliphatic hydroxyl groups is 3. The van der Waals surface area contributed by atoms with Crippen LogP contribution in [0.3, 0.4) is 0 Å². The van der Waals surface area contributed by atoms with Gasteiger partial charge in [-0.2, -0.15) is 0 Å². The number of hydrogen-bond donors (Lipinski definition) is 3. The molecule has 5 nitrogen and oxygen atoms in total. The predicted molar refractivity (Wildman–Crippen MR) is 112 cm³/mol. The normalized spacial score (nSPS) is 37.3. The van der Waals surface area contributed by atoms with Crippen LogP contribution in [0.15, 0.2) is 12.7 Å². The standard InChI is InChI=1S/C20H34O4.2ClH.H2O/c1-7-12(2)10-14(21)17-13(3)8-9-15-18(4,5)11-16(22)20(23,24)19(15,17)6;;;/h7,12-13,15-17,22-24H,1,8-11H2,2-6H3;2*1H;1H2/t12-,13+,15+,16?,17-,19+;;;/m1.../s1. The second kappa shape index (κ2) is 9.55. The molecule has 0 aromatic rings. The van der Waals surface area contributed by atoms with Gasteiger partial charge >= 0.3 is 0 Å². The lowest BCUT2D eigenvalue weighted by molar-refractivity contribution is -0.356. The van der Waals surface area contributed by atoms with E-state index in [1.54, 1.807) is 13.0 Å². The van der Waals surface area contributed by atoms with Gasteiger partial charge in [0, 0.05) is 17.8 Å². The van der Waals surface area contributed by atoms with E-state index in [1.165, 1.54) is 0 Å². The Morgan fingerprint density at radius 3 is 2.22 bits per heavy atom. The summed E-state index contributed by atoms with van der Waals surface area (Å²) in [6, 6.07) is 0. The molecule has 0 aromatic heterocycles. The van der Waals surface area contributed by atoms with E-state index in [4.69, 9.17) is 0 Å². The average Bonchev–Trinajstić information content (AvgIpc) is 2.44. The zero-order chi connectivity index (χ0) is 18.5. The number of fused-ring (bicyclic) bond motifs is 1. The van der Waals surface area contributed by atoms with Gasteiger partial charge in [-0.3, -0.25) is 4.79 Å². The van der Waals surface area contributed by atoms with Crippen molar-refractivity contribution in [2.45, 2.75) is 72.2 Å². The van der Waals surface area contributed by atoms with E-state index in [2.05, 4.69) is 20.4 Å². The number of hydrogen-bond acceptors (Lipinski definition) is 4. The van der Waals surface area contributed by atoms with Gasteiger partial charge in [-0.05, 0) is 42.4 Å². The van der Waals surface area contributed by atoms with E-state index in [9.17, 15) is 20.1 Å². The van der Waals surface area contributed by atoms with Crippen molar-refractivity contribution in [1.29, 1.82) is 0 Å². The fraction of sp³-hybridized carbons (Fsp3) is 0.850. The first-order chi connectivity index (χ1) is 10.9. The zero-order valence-corrected chi connectivity index (χ0v) is 18.7. The van der Waals surface area contributed by atoms with Crippen molar-refractivity contribution in [3.8, 4) is 0 Å². The molecule has 0 amide bonds. The van der Waals surface area contributed by atoms with Crippen molar-refractivity contribution in [2.24, 2.45) is 34.5 Å². The van der Waals surface area contributed by atoms with Gasteiger partial charge in [-0.15, -0.1) is 31.4 Å². The molecule has 0 spiro atoms. The van der Waals surface area contributed by atoms with Gasteiger partial charge in [0.25, 0.3) is 0 Å². The molecule has 0 saturated heterocycles. The van der Waals surface area contributed by atoms with Gasteiger partial charge in [0.1, 0.15) is 11.9 Å². The second-order valence-electron chi connectivity index (χ2n) is 9.19.